The summed E-state index contributed by atoms with van der Waals surface area (Å²) < 4.78 is 5.46. The molecule has 1 aromatic carbocycles. The molecule has 0 radical (unpaired) electrons. The predicted molar refractivity (Wildman–Crippen MR) is 88.8 cm³/mol. The number of fused-ring (bicyclic) bond motifs is 1. The monoisotopic (exact) mass is 290 g/mol. The van der Waals surface area contributed by atoms with Crippen molar-refractivity contribution in [1.82, 2.24) is 10.2 Å². The van der Waals surface area contributed by atoms with Crippen LogP contribution in [-0.4, -0.2) is 49.8 Å². The summed E-state index contributed by atoms with van der Waals surface area (Å²) in [5.74, 6) is 0. The Morgan fingerprint density at radius 1 is 1.14 bits per heavy atom. The molecule has 0 bridgehead atoms. The molecular formula is C18H30N2O. The second kappa shape index (κ2) is 7.39. The molecule has 3 nitrogen and oxygen atoms in total. The van der Waals surface area contributed by atoms with E-state index in [4.69, 9.17) is 4.74 Å². The first-order valence-electron chi connectivity index (χ1n) is 8.04. The maximum atomic E-state index is 5.46. The highest BCUT2D eigenvalue weighted by molar-refractivity contribution is 5.28. The summed E-state index contributed by atoms with van der Waals surface area (Å²) in [5, 5.41) is 3.62. The number of methoxy groups -OCH3 is 1. The number of rotatable bonds is 5. The molecule has 3 heteroatoms. The zero-order valence-electron chi connectivity index (χ0n) is 14.0. The van der Waals surface area contributed by atoms with Crippen LogP contribution in [0.15, 0.2) is 24.3 Å². The van der Waals surface area contributed by atoms with E-state index in [-0.39, 0.29) is 5.54 Å². The van der Waals surface area contributed by atoms with E-state index in [1.54, 1.807) is 7.11 Å². The topological polar surface area (TPSA) is 24.5 Å². The van der Waals surface area contributed by atoms with Crippen molar-refractivity contribution in [3.63, 3.8) is 0 Å². The van der Waals surface area contributed by atoms with Gasteiger partial charge in [-0.3, -0.25) is 4.90 Å². The Balaban J connectivity index is 1.98. The summed E-state index contributed by atoms with van der Waals surface area (Å²) in [6.07, 6.45) is 2.29. The molecule has 0 spiro atoms. The van der Waals surface area contributed by atoms with Crippen LogP contribution in [0.25, 0.3) is 0 Å². The minimum atomic E-state index is 0.154. The zero-order valence-corrected chi connectivity index (χ0v) is 14.0. The Morgan fingerprint density at radius 3 is 2.19 bits per heavy atom. The van der Waals surface area contributed by atoms with Crippen molar-refractivity contribution in [2.24, 2.45) is 0 Å². The van der Waals surface area contributed by atoms with Gasteiger partial charge in [0, 0.05) is 38.3 Å². The molecule has 0 saturated carbocycles. The van der Waals surface area contributed by atoms with Gasteiger partial charge in [0.25, 0.3) is 0 Å². The Hall–Kier alpha value is -0.900. The zero-order chi connectivity index (χ0) is 15.3. The number of nitrogens with zero attached hydrogens (tertiary/aromatic N) is 1. The second-order valence-corrected chi connectivity index (χ2v) is 7.04. The van der Waals surface area contributed by atoms with Gasteiger partial charge in [0.05, 0.1) is 6.61 Å². The van der Waals surface area contributed by atoms with E-state index < -0.39 is 0 Å². The Kier molecular flexibility index (Phi) is 5.80. The van der Waals surface area contributed by atoms with Crippen LogP contribution in [0.5, 0.6) is 0 Å². The highest BCUT2D eigenvalue weighted by Gasteiger charge is 2.23. The molecule has 118 valence electrons. The lowest BCUT2D eigenvalue weighted by atomic mass is 10.0. The van der Waals surface area contributed by atoms with E-state index in [9.17, 15) is 0 Å². The smallest absolute Gasteiger partial charge is 0.0630 e. The number of hydrogen-bond acceptors (Lipinski definition) is 3. The van der Waals surface area contributed by atoms with E-state index in [2.05, 4.69) is 55.3 Å². The Morgan fingerprint density at radius 2 is 1.71 bits per heavy atom. The summed E-state index contributed by atoms with van der Waals surface area (Å²) >= 11 is 0. The maximum Gasteiger partial charge on any atom is 0.0630 e. The Bertz CT molecular complexity index is 412. The molecule has 1 aromatic rings. The fourth-order valence-corrected chi connectivity index (χ4v) is 2.96. The molecular weight excluding hydrogens is 260 g/mol. The van der Waals surface area contributed by atoms with Gasteiger partial charge in [0.2, 0.25) is 0 Å². The van der Waals surface area contributed by atoms with E-state index in [0.717, 1.165) is 39.1 Å². The summed E-state index contributed by atoms with van der Waals surface area (Å²) in [5.41, 5.74) is 3.18. The third kappa shape index (κ3) is 5.10. The molecule has 0 aromatic heterocycles. The van der Waals surface area contributed by atoms with Gasteiger partial charge in [-0.1, -0.05) is 24.3 Å². The van der Waals surface area contributed by atoms with Crippen LogP contribution in [0.1, 0.15) is 31.9 Å². The first kappa shape index (κ1) is 16.5. The highest BCUT2D eigenvalue weighted by atomic mass is 16.5. The summed E-state index contributed by atoms with van der Waals surface area (Å²) in [7, 11) is 1.80. The van der Waals surface area contributed by atoms with Crippen LogP contribution in [0.3, 0.4) is 0 Å². The van der Waals surface area contributed by atoms with Crippen LogP contribution in [0.2, 0.25) is 0 Å². The number of nitrogens with one attached hydrogen (secondary N) is 1. The van der Waals surface area contributed by atoms with Gasteiger partial charge < -0.3 is 10.1 Å². The lowest BCUT2D eigenvalue weighted by Gasteiger charge is -2.33. The van der Waals surface area contributed by atoms with Gasteiger partial charge >= 0.3 is 0 Å². The van der Waals surface area contributed by atoms with Crippen molar-refractivity contribution in [2.75, 3.05) is 33.4 Å². The highest BCUT2D eigenvalue weighted by Crippen LogP contribution is 2.17. The summed E-state index contributed by atoms with van der Waals surface area (Å²) in [6.45, 7) is 10.7. The Labute approximate surface area is 129 Å². The van der Waals surface area contributed by atoms with Crippen LogP contribution in [0.4, 0.5) is 0 Å². The van der Waals surface area contributed by atoms with E-state index in [1.807, 2.05) is 0 Å². The SMILES string of the molecule is COCC(CNC(C)(C)C)N1CCc2ccccc2CC1. The van der Waals surface area contributed by atoms with Crippen LogP contribution in [0, 0.1) is 0 Å². The molecule has 1 N–H and O–H groups in total. The van der Waals surface area contributed by atoms with Gasteiger partial charge in [0.15, 0.2) is 0 Å². The lowest BCUT2D eigenvalue weighted by Crippen LogP contribution is -2.50. The van der Waals surface area contributed by atoms with Crippen LogP contribution in [-0.2, 0) is 17.6 Å². The van der Waals surface area contributed by atoms with Crippen LogP contribution >= 0.6 is 0 Å². The molecule has 1 aliphatic heterocycles. The number of ether oxygens (including phenoxy) is 1. The normalized spacial score (nSPS) is 18.1. The molecule has 21 heavy (non-hydrogen) atoms. The number of benzene rings is 1. The van der Waals surface area contributed by atoms with Gasteiger partial charge in [-0.15, -0.1) is 0 Å². The standard InChI is InChI=1S/C18H30N2O/c1-18(2,3)19-13-17(14-21-4)20-11-9-15-7-5-6-8-16(15)10-12-20/h5-8,17,19H,9-14H2,1-4H3. The molecule has 0 saturated heterocycles. The minimum Gasteiger partial charge on any atom is -0.383 e. The van der Waals surface area contributed by atoms with Gasteiger partial charge in [-0.05, 0) is 44.7 Å². The molecule has 1 unspecified atom stereocenters. The average molecular weight is 290 g/mol. The van der Waals surface area contributed by atoms with E-state index >= 15 is 0 Å². The fourth-order valence-electron chi connectivity index (χ4n) is 2.96. The van der Waals surface area contributed by atoms with Crippen molar-refractivity contribution in [3.8, 4) is 0 Å². The first-order chi connectivity index (χ1) is 9.99. The van der Waals surface area contributed by atoms with Crippen LogP contribution < -0.4 is 5.32 Å². The fraction of sp³-hybridized carbons (Fsp3) is 0.667. The maximum absolute atomic E-state index is 5.46. The van der Waals surface area contributed by atoms with Gasteiger partial charge in [0.1, 0.15) is 0 Å². The van der Waals surface area contributed by atoms with Gasteiger partial charge in [-0.2, -0.15) is 0 Å². The minimum absolute atomic E-state index is 0.154. The molecule has 1 heterocycles. The molecule has 2 rings (SSSR count). The third-order valence-corrected chi connectivity index (χ3v) is 4.20. The third-order valence-electron chi connectivity index (χ3n) is 4.20. The molecule has 1 aliphatic rings. The quantitative estimate of drug-likeness (QED) is 0.902. The largest absolute Gasteiger partial charge is 0.383 e. The first-order valence-corrected chi connectivity index (χ1v) is 8.04. The van der Waals surface area contributed by atoms with Crippen molar-refractivity contribution in [2.45, 2.75) is 45.2 Å². The van der Waals surface area contributed by atoms with Crippen molar-refractivity contribution in [3.05, 3.63) is 35.4 Å². The van der Waals surface area contributed by atoms with Crippen molar-refractivity contribution < 1.29 is 4.74 Å². The molecule has 1 atom stereocenters. The van der Waals surface area contributed by atoms with E-state index in [1.165, 1.54) is 11.1 Å². The average Bonchev–Trinajstić information content (AvgIpc) is 2.65. The summed E-state index contributed by atoms with van der Waals surface area (Å²) in [4.78, 5) is 2.59. The van der Waals surface area contributed by atoms with E-state index in [0.29, 0.717) is 6.04 Å². The van der Waals surface area contributed by atoms with Gasteiger partial charge in [-0.25, -0.2) is 0 Å². The lowest BCUT2D eigenvalue weighted by molar-refractivity contribution is 0.0879. The number of hydrogen-bond donors (Lipinski definition) is 1. The van der Waals surface area contributed by atoms with Crippen molar-refractivity contribution in [1.29, 1.82) is 0 Å². The summed E-state index contributed by atoms with van der Waals surface area (Å²) in [6, 6.07) is 9.31. The predicted octanol–water partition coefficient (Wildman–Crippen LogP) is 2.49. The molecule has 0 amide bonds. The molecule has 0 fully saturated rings. The van der Waals surface area contributed by atoms with Crippen molar-refractivity contribution >= 4 is 0 Å². The second-order valence-electron chi connectivity index (χ2n) is 7.04. The molecule has 0 aliphatic carbocycles.